The number of Topliss-reactive ketones (excluding diaryl/α,β-unsaturated/α-hetero) is 1. The fourth-order valence-electron chi connectivity index (χ4n) is 10.1. The third-order valence-corrected chi connectivity index (χ3v) is 12.9. The number of nitrogens with one attached hydrogen (secondary N) is 1. The number of anilines is 1. The number of benzene rings is 1. The third kappa shape index (κ3) is 5.42. The smallest absolute Gasteiger partial charge is 0.423 e. The van der Waals surface area contributed by atoms with Gasteiger partial charge in [0.25, 0.3) is 11.6 Å². The van der Waals surface area contributed by atoms with Crippen molar-refractivity contribution in [3.05, 3.63) is 56.6 Å². The Labute approximate surface area is 297 Å². The van der Waals surface area contributed by atoms with E-state index in [1.807, 2.05) is 6.08 Å². The van der Waals surface area contributed by atoms with Gasteiger partial charge in [-0.25, -0.2) is 9.69 Å². The fourth-order valence-corrected chi connectivity index (χ4v) is 10.5. The van der Waals surface area contributed by atoms with Gasteiger partial charge < -0.3 is 10.1 Å². The number of hydrogen-bond donors (Lipinski definition) is 1. The van der Waals surface area contributed by atoms with Crippen LogP contribution in [0.2, 0.25) is 0 Å². The summed E-state index contributed by atoms with van der Waals surface area (Å²) in [6, 6.07) is 1.06. The molecule has 0 aromatic heterocycles. The van der Waals surface area contributed by atoms with Crippen LogP contribution in [0.4, 0.5) is 29.3 Å². The summed E-state index contributed by atoms with van der Waals surface area (Å²) in [7, 11) is 0. The van der Waals surface area contributed by atoms with Crippen molar-refractivity contribution in [3.8, 4) is 0 Å². The van der Waals surface area contributed by atoms with Gasteiger partial charge >= 0.3 is 18.2 Å². The van der Waals surface area contributed by atoms with Gasteiger partial charge in [0.05, 0.1) is 10.6 Å². The van der Waals surface area contributed by atoms with Crippen LogP contribution < -0.4 is 10.2 Å². The van der Waals surface area contributed by atoms with E-state index in [0.717, 1.165) is 37.3 Å². The second kappa shape index (κ2) is 11.7. The van der Waals surface area contributed by atoms with Crippen LogP contribution in [-0.4, -0.2) is 45.5 Å². The van der Waals surface area contributed by atoms with Gasteiger partial charge in [0.1, 0.15) is 11.1 Å². The van der Waals surface area contributed by atoms with E-state index in [2.05, 4.69) is 25.2 Å². The number of nitrogens with zero attached hydrogens (tertiary/aromatic N) is 2. The Balaban J connectivity index is 0.000000183. The van der Waals surface area contributed by atoms with E-state index in [0.29, 0.717) is 40.3 Å². The molecule has 3 amide bonds. The summed E-state index contributed by atoms with van der Waals surface area (Å²) in [5.41, 5.74) is -4.78. The maximum atomic E-state index is 12.9. The molecule has 1 heterocycles. The second-order valence-electron chi connectivity index (χ2n) is 15.6. The average Bonchev–Trinajstić information content (AvgIpc) is 3.74. The Kier molecular flexibility index (Phi) is 8.44. The van der Waals surface area contributed by atoms with Crippen molar-refractivity contribution in [2.24, 2.45) is 40.4 Å². The Morgan fingerprint density at radius 3 is 2.24 bits per heavy atom. The molecular weight excluding hydrogens is 695 g/mol. The lowest BCUT2D eigenvalue weighted by atomic mass is 9.47. The molecule has 5 aliphatic carbocycles. The molecule has 274 valence electrons. The van der Waals surface area contributed by atoms with Crippen molar-refractivity contribution in [2.75, 3.05) is 4.90 Å². The number of ether oxygens (including phenoxy) is 1. The van der Waals surface area contributed by atoms with Gasteiger partial charge in [0.2, 0.25) is 0 Å². The minimum absolute atomic E-state index is 0.0423. The van der Waals surface area contributed by atoms with E-state index in [1.54, 1.807) is 6.92 Å². The molecule has 0 unspecified atom stereocenters. The molecule has 1 saturated heterocycles. The van der Waals surface area contributed by atoms with E-state index < -0.39 is 45.4 Å². The van der Waals surface area contributed by atoms with Gasteiger partial charge in [-0.2, -0.15) is 13.2 Å². The number of urea groups is 1. The number of imide groups is 1. The first kappa shape index (κ1) is 36.7. The van der Waals surface area contributed by atoms with Crippen LogP contribution in [0, 0.1) is 50.5 Å². The molecular formula is C36H39ClF3N3O8. The molecule has 15 heteroatoms. The molecule has 11 nitrogen and oxygen atoms in total. The molecule has 51 heavy (non-hydrogen) atoms. The van der Waals surface area contributed by atoms with Crippen LogP contribution >= 0.6 is 11.6 Å². The van der Waals surface area contributed by atoms with Gasteiger partial charge in [-0.3, -0.25) is 29.3 Å². The fraction of sp³-hybridized carbons (Fsp3) is 0.583. The molecule has 1 aromatic carbocycles. The summed E-state index contributed by atoms with van der Waals surface area (Å²) in [6.45, 7) is 10.2. The lowest BCUT2D eigenvalue weighted by Crippen LogP contribution is -2.58. The predicted octanol–water partition coefficient (Wildman–Crippen LogP) is 7.06. The number of amides is 3. The molecule has 6 aliphatic rings. The van der Waals surface area contributed by atoms with Crippen LogP contribution in [0.3, 0.4) is 0 Å². The lowest BCUT2D eigenvalue weighted by molar-refractivity contribution is -0.388. The quantitative estimate of drug-likeness (QED) is 0.150. The number of hydrogen-bond acceptors (Lipinski definition) is 8. The number of nitro benzene ring substituents is 1. The van der Waals surface area contributed by atoms with E-state index >= 15 is 0 Å². The van der Waals surface area contributed by atoms with Gasteiger partial charge in [-0.15, -0.1) is 0 Å². The summed E-state index contributed by atoms with van der Waals surface area (Å²) in [6.07, 6.45) is 3.19. The van der Waals surface area contributed by atoms with Gasteiger partial charge in [0, 0.05) is 34.8 Å². The third-order valence-electron chi connectivity index (χ3n) is 12.6. The summed E-state index contributed by atoms with van der Waals surface area (Å²) < 4.78 is 44.6. The minimum Gasteiger partial charge on any atom is -0.451 e. The maximum absolute atomic E-state index is 12.9. The maximum Gasteiger partial charge on any atom is 0.423 e. The SMILES string of the molecule is CC(=O)O[C@]1(C(C)=O)CC[C@H]2[C@@H]3C=C(Cl)C4=CC(=O)[C@@H]5C[C@@H]5[C@]4(C)[C@H]3CC[C@@]21C.CC1(C)NC(=O)N(c2ccc([N+](=O)[O-])c(C(F)(F)F)c2)C1=O. The lowest BCUT2D eigenvalue weighted by Gasteiger charge is -2.57. The zero-order valence-corrected chi connectivity index (χ0v) is 29.7. The molecule has 0 radical (unpaired) electrons. The molecule has 4 fully saturated rings. The Bertz CT molecular complexity index is 1860. The highest BCUT2D eigenvalue weighted by Crippen LogP contribution is 2.72. The number of nitro groups is 1. The van der Waals surface area contributed by atoms with Crippen molar-refractivity contribution >= 4 is 52.4 Å². The van der Waals surface area contributed by atoms with Crippen molar-refractivity contribution in [2.45, 2.75) is 91.0 Å². The highest BCUT2D eigenvalue weighted by molar-refractivity contribution is 6.32. The first-order valence-corrected chi connectivity index (χ1v) is 17.3. The van der Waals surface area contributed by atoms with Crippen molar-refractivity contribution in [1.82, 2.24) is 5.32 Å². The summed E-state index contributed by atoms with van der Waals surface area (Å²) in [4.78, 5) is 71.0. The average molecular weight is 734 g/mol. The number of esters is 1. The largest absolute Gasteiger partial charge is 0.451 e. The van der Waals surface area contributed by atoms with E-state index in [-0.39, 0.29) is 51.8 Å². The molecule has 3 saturated carbocycles. The molecule has 0 spiro atoms. The second-order valence-corrected chi connectivity index (χ2v) is 16.0. The highest BCUT2D eigenvalue weighted by atomic mass is 35.5. The number of halogens is 4. The van der Waals surface area contributed by atoms with E-state index in [1.165, 1.54) is 20.8 Å². The van der Waals surface area contributed by atoms with Crippen LogP contribution in [-0.2, 0) is 30.1 Å². The zero-order chi connectivity index (χ0) is 37.8. The molecule has 1 aliphatic heterocycles. The standard InChI is InChI=1S/C24H29ClO4.C12H10F3N3O4/c1-12(26)24(29-13(2)27)8-6-16-14-10-20(25)19-11-21(28)15-9-18(15)23(19,4)17(14)5-7-22(16,24)3;1-11(2)9(19)17(10(20)16-11)6-3-4-8(18(21)22)7(5-6)12(13,14)15/h10-11,14-18H,5-9H2,1-4H3;3-5H,1-2H3,(H,16,20)/t14-,15+,16-,17-,18-,22-,23-,24-;/m0./s1. The summed E-state index contributed by atoms with van der Waals surface area (Å²) >= 11 is 6.79. The molecule has 0 bridgehead atoms. The number of allylic oxidation sites excluding steroid dienone is 4. The van der Waals surface area contributed by atoms with Gasteiger partial charge in [0.15, 0.2) is 17.2 Å². The van der Waals surface area contributed by atoms with E-state index in [4.69, 9.17) is 16.3 Å². The first-order chi connectivity index (χ1) is 23.5. The number of carbonyl (C=O) groups excluding carboxylic acids is 5. The van der Waals surface area contributed by atoms with Crippen LogP contribution in [0.15, 0.2) is 41.0 Å². The monoisotopic (exact) mass is 733 g/mol. The summed E-state index contributed by atoms with van der Waals surface area (Å²) in [5.74, 6) is 0.519. The van der Waals surface area contributed by atoms with E-state index in [9.17, 15) is 47.3 Å². The number of rotatable bonds is 4. The Morgan fingerprint density at radius 2 is 1.69 bits per heavy atom. The topological polar surface area (TPSA) is 153 Å². The summed E-state index contributed by atoms with van der Waals surface area (Å²) in [5, 5.41) is 13.7. The number of fused-ring (bicyclic) bond motifs is 7. The Hall–Kier alpha value is -4.07. The zero-order valence-electron chi connectivity index (χ0n) is 29.0. The van der Waals surface area contributed by atoms with Crippen LogP contribution in [0.5, 0.6) is 0 Å². The number of alkyl halides is 3. The normalized spacial score (nSPS) is 35.8. The van der Waals surface area contributed by atoms with Gasteiger partial charge in [-0.05, 0) is 100 Å². The predicted molar refractivity (Wildman–Crippen MR) is 177 cm³/mol. The Morgan fingerprint density at radius 1 is 1.04 bits per heavy atom. The molecule has 7 rings (SSSR count). The number of carbonyl (C=O) groups is 5. The number of ketones is 2. The van der Waals surface area contributed by atoms with Crippen LogP contribution in [0.1, 0.15) is 79.2 Å². The minimum atomic E-state index is -4.99. The molecule has 1 N–H and O–H groups in total. The van der Waals surface area contributed by atoms with Crippen LogP contribution in [0.25, 0.3) is 0 Å². The van der Waals surface area contributed by atoms with Crippen molar-refractivity contribution in [1.29, 1.82) is 0 Å². The van der Waals surface area contributed by atoms with Crippen molar-refractivity contribution < 1.29 is 46.8 Å². The molecule has 1 aromatic rings. The van der Waals surface area contributed by atoms with Gasteiger partial charge in [-0.1, -0.05) is 31.5 Å². The highest BCUT2D eigenvalue weighted by Gasteiger charge is 2.70. The van der Waals surface area contributed by atoms with Crippen molar-refractivity contribution in [3.63, 3.8) is 0 Å². The first-order valence-electron chi connectivity index (χ1n) is 16.9. The molecule has 8 atom stereocenters.